The SMILES string of the molecule is COc1ccc(C)cc1[C@H](C)NC(=O)N1CCCC(C(=O)O)C1. The Balaban J connectivity index is 2.05. The summed E-state index contributed by atoms with van der Waals surface area (Å²) in [6.45, 7) is 4.74. The molecule has 2 rings (SSSR count). The van der Waals surface area contributed by atoms with Crippen LogP contribution in [0.3, 0.4) is 0 Å². The number of carbonyl (C=O) groups excluding carboxylic acids is 1. The second-order valence-corrected chi connectivity index (χ2v) is 6.04. The molecule has 1 saturated heterocycles. The molecular weight excluding hydrogens is 296 g/mol. The van der Waals surface area contributed by atoms with E-state index in [1.807, 2.05) is 32.0 Å². The zero-order valence-electron chi connectivity index (χ0n) is 13.8. The summed E-state index contributed by atoms with van der Waals surface area (Å²) in [4.78, 5) is 25.1. The highest BCUT2D eigenvalue weighted by Gasteiger charge is 2.29. The number of methoxy groups -OCH3 is 1. The highest BCUT2D eigenvalue weighted by molar-refractivity contribution is 5.77. The lowest BCUT2D eigenvalue weighted by atomic mass is 9.98. The number of likely N-dealkylation sites (tertiary alicyclic amines) is 1. The summed E-state index contributed by atoms with van der Waals surface area (Å²) in [6, 6.07) is 5.38. The lowest BCUT2D eigenvalue weighted by molar-refractivity contribution is -0.143. The van der Waals surface area contributed by atoms with E-state index in [9.17, 15) is 9.59 Å². The number of urea groups is 1. The number of nitrogens with one attached hydrogen (secondary N) is 1. The number of ether oxygens (including phenoxy) is 1. The van der Waals surface area contributed by atoms with Crippen LogP contribution in [0.4, 0.5) is 4.79 Å². The molecule has 23 heavy (non-hydrogen) atoms. The van der Waals surface area contributed by atoms with Crippen LogP contribution in [0.25, 0.3) is 0 Å². The predicted molar refractivity (Wildman–Crippen MR) is 86.6 cm³/mol. The van der Waals surface area contributed by atoms with Crippen molar-refractivity contribution in [1.82, 2.24) is 10.2 Å². The number of amides is 2. The van der Waals surface area contributed by atoms with Gasteiger partial charge >= 0.3 is 12.0 Å². The molecule has 1 aliphatic heterocycles. The minimum absolute atomic E-state index is 0.220. The van der Waals surface area contributed by atoms with Gasteiger partial charge in [0.1, 0.15) is 5.75 Å². The standard InChI is InChI=1S/C17H24N2O4/c1-11-6-7-15(23-3)14(9-11)12(2)18-17(22)19-8-4-5-13(10-19)16(20)21/h6-7,9,12-13H,4-5,8,10H2,1-3H3,(H,18,22)(H,20,21)/t12-,13?/m0/s1. The Morgan fingerprint density at radius 2 is 2.17 bits per heavy atom. The van der Waals surface area contributed by atoms with Crippen molar-refractivity contribution < 1.29 is 19.4 Å². The van der Waals surface area contributed by atoms with Crippen LogP contribution in [0.15, 0.2) is 18.2 Å². The van der Waals surface area contributed by atoms with Crippen molar-refractivity contribution in [1.29, 1.82) is 0 Å². The molecule has 0 saturated carbocycles. The maximum atomic E-state index is 12.4. The van der Waals surface area contributed by atoms with Gasteiger partial charge in [-0.3, -0.25) is 4.79 Å². The smallest absolute Gasteiger partial charge is 0.317 e. The Bertz CT molecular complexity index is 588. The van der Waals surface area contributed by atoms with Crippen LogP contribution in [0.2, 0.25) is 0 Å². The van der Waals surface area contributed by atoms with Gasteiger partial charge in [0.2, 0.25) is 0 Å². The van der Waals surface area contributed by atoms with Crippen molar-refractivity contribution in [3.05, 3.63) is 29.3 Å². The molecule has 1 unspecified atom stereocenters. The number of piperidine rings is 1. The van der Waals surface area contributed by atoms with E-state index < -0.39 is 11.9 Å². The fourth-order valence-electron chi connectivity index (χ4n) is 2.91. The Morgan fingerprint density at radius 1 is 1.43 bits per heavy atom. The number of nitrogens with zero attached hydrogens (tertiary/aromatic N) is 1. The summed E-state index contributed by atoms with van der Waals surface area (Å²) >= 11 is 0. The Morgan fingerprint density at radius 3 is 2.83 bits per heavy atom. The first-order chi connectivity index (χ1) is 10.9. The summed E-state index contributed by atoms with van der Waals surface area (Å²) in [7, 11) is 1.60. The van der Waals surface area contributed by atoms with E-state index in [-0.39, 0.29) is 18.6 Å². The molecule has 0 spiro atoms. The Kier molecular flexibility index (Phi) is 5.47. The van der Waals surface area contributed by atoms with Crippen molar-refractivity contribution in [2.75, 3.05) is 20.2 Å². The van der Waals surface area contributed by atoms with Gasteiger partial charge in [0.05, 0.1) is 19.1 Å². The minimum atomic E-state index is -0.837. The molecule has 0 aliphatic carbocycles. The van der Waals surface area contributed by atoms with E-state index in [0.29, 0.717) is 19.4 Å². The van der Waals surface area contributed by atoms with E-state index in [2.05, 4.69) is 5.32 Å². The second-order valence-electron chi connectivity index (χ2n) is 6.04. The largest absolute Gasteiger partial charge is 0.496 e. The molecule has 1 aromatic rings. The molecule has 6 nitrogen and oxygen atoms in total. The van der Waals surface area contributed by atoms with Crippen molar-refractivity contribution in [2.24, 2.45) is 5.92 Å². The molecular formula is C17H24N2O4. The van der Waals surface area contributed by atoms with Gasteiger partial charge in [-0.15, -0.1) is 0 Å². The summed E-state index contributed by atoms with van der Waals surface area (Å²) in [6.07, 6.45) is 1.34. The van der Waals surface area contributed by atoms with Crippen LogP contribution in [-0.2, 0) is 4.79 Å². The average Bonchev–Trinajstić information content (AvgIpc) is 2.54. The van der Waals surface area contributed by atoms with Crippen molar-refractivity contribution in [2.45, 2.75) is 32.7 Å². The van der Waals surface area contributed by atoms with Crippen molar-refractivity contribution >= 4 is 12.0 Å². The number of aliphatic carboxylic acids is 1. The van der Waals surface area contributed by atoms with E-state index in [1.54, 1.807) is 12.0 Å². The predicted octanol–water partition coefficient (Wildman–Crippen LogP) is 2.57. The molecule has 1 aliphatic rings. The molecule has 6 heteroatoms. The van der Waals surface area contributed by atoms with Crippen LogP contribution < -0.4 is 10.1 Å². The van der Waals surface area contributed by atoms with Gasteiger partial charge in [0, 0.05) is 18.7 Å². The molecule has 1 aromatic carbocycles. The van der Waals surface area contributed by atoms with Crippen LogP contribution in [-0.4, -0.2) is 42.2 Å². The summed E-state index contributed by atoms with van der Waals surface area (Å²) in [5, 5.41) is 12.1. The monoisotopic (exact) mass is 320 g/mol. The van der Waals surface area contributed by atoms with Gasteiger partial charge in [-0.25, -0.2) is 4.79 Å². The minimum Gasteiger partial charge on any atom is -0.496 e. The van der Waals surface area contributed by atoms with E-state index >= 15 is 0 Å². The number of aryl methyl sites for hydroxylation is 1. The second kappa shape index (κ2) is 7.35. The number of hydrogen-bond donors (Lipinski definition) is 2. The van der Waals surface area contributed by atoms with Gasteiger partial charge in [-0.05, 0) is 32.8 Å². The molecule has 2 amide bonds. The van der Waals surface area contributed by atoms with Crippen LogP contribution in [0.1, 0.15) is 36.9 Å². The van der Waals surface area contributed by atoms with Gasteiger partial charge in [0.25, 0.3) is 0 Å². The zero-order chi connectivity index (χ0) is 17.0. The van der Waals surface area contributed by atoms with Gasteiger partial charge in [0.15, 0.2) is 0 Å². The summed E-state index contributed by atoms with van der Waals surface area (Å²) < 4.78 is 5.35. The number of rotatable bonds is 4. The average molecular weight is 320 g/mol. The van der Waals surface area contributed by atoms with E-state index in [1.165, 1.54) is 0 Å². The third-order valence-corrected chi connectivity index (χ3v) is 4.25. The summed E-state index contributed by atoms with van der Waals surface area (Å²) in [5.41, 5.74) is 2.00. The van der Waals surface area contributed by atoms with E-state index in [4.69, 9.17) is 9.84 Å². The normalized spacial score (nSPS) is 19.1. The van der Waals surface area contributed by atoms with Crippen molar-refractivity contribution in [3.8, 4) is 5.75 Å². The maximum Gasteiger partial charge on any atom is 0.317 e. The Hall–Kier alpha value is -2.24. The molecule has 2 atom stereocenters. The first-order valence-electron chi connectivity index (χ1n) is 7.85. The Labute approximate surface area is 136 Å². The molecule has 0 aromatic heterocycles. The first kappa shape index (κ1) is 17.1. The fourth-order valence-corrected chi connectivity index (χ4v) is 2.91. The topological polar surface area (TPSA) is 78.9 Å². The van der Waals surface area contributed by atoms with Crippen LogP contribution in [0.5, 0.6) is 5.75 Å². The quantitative estimate of drug-likeness (QED) is 0.893. The van der Waals surface area contributed by atoms with E-state index in [0.717, 1.165) is 16.9 Å². The third kappa shape index (κ3) is 4.15. The van der Waals surface area contributed by atoms with Crippen LogP contribution in [0, 0.1) is 12.8 Å². The highest BCUT2D eigenvalue weighted by atomic mass is 16.5. The number of carbonyl (C=O) groups is 2. The highest BCUT2D eigenvalue weighted by Crippen LogP contribution is 2.26. The fraction of sp³-hybridized carbons (Fsp3) is 0.529. The lowest BCUT2D eigenvalue weighted by Crippen LogP contribution is -2.47. The number of carboxylic acids is 1. The first-order valence-corrected chi connectivity index (χ1v) is 7.85. The lowest BCUT2D eigenvalue weighted by Gasteiger charge is -2.32. The molecule has 1 heterocycles. The van der Waals surface area contributed by atoms with Crippen molar-refractivity contribution in [3.63, 3.8) is 0 Å². The molecule has 0 bridgehead atoms. The molecule has 126 valence electrons. The number of carboxylic acid groups (broad SMARTS) is 1. The van der Waals surface area contributed by atoms with Gasteiger partial charge < -0.3 is 20.1 Å². The number of benzene rings is 1. The number of hydrogen-bond acceptors (Lipinski definition) is 3. The molecule has 0 radical (unpaired) electrons. The molecule has 1 fully saturated rings. The maximum absolute atomic E-state index is 12.4. The van der Waals surface area contributed by atoms with Crippen LogP contribution >= 0.6 is 0 Å². The zero-order valence-corrected chi connectivity index (χ0v) is 13.8. The molecule has 2 N–H and O–H groups in total. The third-order valence-electron chi connectivity index (χ3n) is 4.25. The van der Waals surface area contributed by atoms with Gasteiger partial charge in [-0.2, -0.15) is 0 Å². The van der Waals surface area contributed by atoms with Gasteiger partial charge in [-0.1, -0.05) is 17.7 Å². The summed E-state index contributed by atoms with van der Waals surface area (Å²) in [5.74, 6) is -0.584.